The Hall–Kier alpha value is -2.42. The van der Waals surface area contributed by atoms with Crippen molar-refractivity contribution < 1.29 is 4.79 Å². The molecule has 0 aliphatic carbocycles. The predicted octanol–water partition coefficient (Wildman–Crippen LogP) is 5.67. The second-order valence-corrected chi connectivity index (χ2v) is 6.44. The Bertz CT molecular complexity index is 761. The number of para-hydroxylation sites is 2. The normalized spacial score (nSPS) is 11.5. The lowest BCUT2D eigenvalue weighted by Gasteiger charge is -2.15. The number of aryl methyl sites for hydroxylation is 4. The number of benzene rings is 2. The molecule has 0 aromatic heterocycles. The maximum absolute atomic E-state index is 12.8. The molecule has 0 aliphatic heterocycles. The molecule has 0 heterocycles. The van der Waals surface area contributed by atoms with Gasteiger partial charge in [0.1, 0.15) is 5.71 Å². The second-order valence-electron chi connectivity index (χ2n) is 6.44. The molecule has 2 rings (SSSR count). The molecule has 0 saturated heterocycles. The number of nitrogens with zero attached hydrogens (tertiary/aromatic N) is 1. The summed E-state index contributed by atoms with van der Waals surface area (Å²) in [6.45, 7) is 10.2. The zero-order valence-corrected chi connectivity index (χ0v) is 16.6. The predicted molar refractivity (Wildman–Crippen MR) is 112 cm³/mol. The van der Waals surface area contributed by atoms with Gasteiger partial charge in [0.05, 0.1) is 5.69 Å². The summed E-state index contributed by atoms with van der Waals surface area (Å²) in [7, 11) is 0. The van der Waals surface area contributed by atoms with E-state index in [2.05, 4.69) is 69.4 Å². The highest BCUT2D eigenvalue weighted by Crippen LogP contribution is 2.27. The Labute approximate surface area is 157 Å². The number of carbonyl (C=O) groups excluding carboxylic acids is 1. The molecule has 0 fully saturated rings. The van der Waals surface area contributed by atoms with Crippen LogP contribution in [0.3, 0.4) is 0 Å². The zero-order valence-electron chi connectivity index (χ0n) is 16.6. The smallest absolute Gasteiger partial charge is 0.269 e. The molecule has 138 valence electrons. The molecule has 0 spiro atoms. The Morgan fingerprint density at radius 1 is 0.808 bits per heavy atom. The van der Waals surface area contributed by atoms with Crippen LogP contribution >= 0.6 is 0 Å². The van der Waals surface area contributed by atoms with Gasteiger partial charge in [-0.3, -0.25) is 4.79 Å². The minimum atomic E-state index is -0.131. The number of aliphatic imine (C=N–C) groups is 1. The summed E-state index contributed by atoms with van der Waals surface area (Å²) in [4.78, 5) is 17.5. The molecule has 0 aliphatic rings. The summed E-state index contributed by atoms with van der Waals surface area (Å²) in [5.41, 5.74) is 7.07. The summed E-state index contributed by atoms with van der Waals surface area (Å²) < 4.78 is 0. The third kappa shape index (κ3) is 4.40. The Morgan fingerprint density at radius 2 is 1.23 bits per heavy atom. The van der Waals surface area contributed by atoms with Gasteiger partial charge >= 0.3 is 0 Å². The van der Waals surface area contributed by atoms with Gasteiger partial charge in [0.25, 0.3) is 5.91 Å². The molecule has 3 nitrogen and oxygen atoms in total. The standard InChI is InChI=1S/C23H30N2O/c1-6-17-12-10-13-18(7-2)21(17)24-16(5)23(26)25-22-19(8-3)14-11-15-20(22)9-4/h10-15H,6-9H2,1-5H3,(H,25,26). The van der Waals surface area contributed by atoms with E-state index >= 15 is 0 Å². The van der Waals surface area contributed by atoms with E-state index in [9.17, 15) is 4.79 Å². The van der Waals surface area contributed by atoms with Gasteiger partial charge < -0.3 is 5.32 Å². The maximum atomic E-state index is 12.8. The number of nitrogens with one attached hydrogen (secondary N) is 1. The van der Waals surface area contributed by atoms with Crippen LogP contribution < -0.4 is 5.32 Å². The topological polar surface area (TPSA) is 41.5 Å². The van der Waals surface area contributed by atoms with E-state index in [1.807, 2.05) is 0 Å². The van der Waals surface area contributed by atoms with Crippen LogP contribution in [-0.4, -0.2) is 11.6 Å². The average molecular weight is 351 g/mol. The molecular formula is C23H30N2O. The summed E-state index contributed by atoms with van der Waals surface area (Å²) in [6, 6.07) is 12.4. The Balaban J connectivity index is 2.36. The molecule has 26 heavy (non-hydrogen) atoms. The van der Waals surface area contributed by atoms with Crippen molar-refractivity contribution in [1.82, 2.24) is 0 Å². The first-order chi connectivity index (χ1) is 12.5. The second kappa shape index (κ2) is 9.33. The SMILES string of the molecule is CCc1cccc(CC)c1N=C(C)C(=O)Nc1c(CC)cccc1CC. The molecule has 2 aromatic carbocycles. The first kappa shape index (κ1) is 19.9. The summed E-state index contributed by atoms with van der Waals surface area (Å²) >= 11 is 0. The Kier molecular flexibility index (Phi) is 7.14. The van der Waals surface area contributed by atoms with E-state index in [-0.39, 0.29) is 5.91 Å². The van der Waals surface area contributed by atoms with Crippen molar-refractivity contribution in [2.75, 3.05) is 5.32 Å². The van der Waals surface area contributed by atoms with Gasteiger partial charge in [0.15, 0.2) is 0 Å². The van der Waals surface area contributed by atoms with E-state index in [0.717, 1.165) is 48.2 Å². The minimum Gasteiger partial charge on any atom is -0.320 e. The lowest BCUT2D eigenvalue weighted by atomic mass is 10.0. The monoisotopic (exact) mass is 350 g/mol. The fourth-order valence-electron chi connectivity index (χ4n) is 3.18. The van der Waals surface area contributed by atoms with Crippen LogP contribution in [0.4, 0.5) is 11.4 Å². The molecule has 3 heteroatoms. The number of rotatable bonds is 7. The van der Waals surface area contributed by atoms with Crippen molar-refractivity contribution >= 4 is 23.0 Å². The van der Waals surface area contributed by atoms with Gasteiger partial charge in [-0.25, -0.2) is 4.99 Å². The fraction of sp³-hybridized carbons (Fsp3) is 0.391. The van der Waals surface area contributed by atoms with Crippen LogP contribution in [-0.2, 0) is 30.5 Å². The molecule has 0 saturated carbocycles. The van der Waals surface area contributed by atoms with Crippen LogP contribution in [0, 0.1) is 0 Å². The molecule has 0 atom stereocenters. The van der Waals surface area contributed by atoms with E-state index in [1.54, 1.807) is 6.92 Å². The van der Waals surface area contributed by atoms with Crippen LogP contribution in [0.5, 0.6) is 0 Å². The lowest BCUT2D eigenvalue weighted by molar-refractivity contribution is -0.110. The van der Waals surface area contributed by atoms with Crippen molar-refractivity contribution in [3.05, 3.63) is 58.7 Å². The van der Waals surface area contributed by atoms with Gasteiger partial charge in [-0.05, 0) is 54.9 Å². The van der Waals surface area contributed by atoms with Crippen molar-refractivity contribution in [3.63, 3.8) is 0 Å². The van der Waals surface area contributed by atoms with Crippen molar-refractivity contribution in [2.45, 2.75) is 60.3 Å². The molecular weight excluding hydrogens is 320 g/mol. The van der Waals surface area contributed by atoms with E-state index < -0.39 is 0 Å². The van der Waals surface area contributed by atoms with Gasteiger partial charge in [-0.15, -0.1) is 0 Å². The molecule has 0 unspecified atom stereocenters. The summed E-state index contributed by atoms with van der Waals surface area (Å²) in [5.74, 6) is -0.131. The fourth-order valence-corrected chi connectivity index (χ4v) is 3.18. The number of carbonyl (C=O) groups is 1. The van der Waals surface area contributed by atoms with Crippen molar-refractivity contribution in [1.29, 1.82) is 0 Å². The van der Waals surface area contributed by atoms with Gasteiger partial charge in [0.2, 0.25) is 0 Å². The number of hydrogen-bond acceptors (Lipinski definition) is 2. The van der Waals surface area contributed by atoms with Gasteiger partial charge in [-0.2, -0.15) is 0 Å². The lowest BCUT2D eigenvalue weighted by Crippen LogP contribution is -2.22. The third-order valence-corrected chi connectivity index (χ3v) is 4.81. The van der Waals surface area contributed by atoms with Crippen LogP contribution in [0.1, 0.15) is 56.9 Å². The zero-order chi connectivity index (χ0) is 19.1. The highest BCUT2D eigenvalue weighted by molar-refractivity contribution is 6.42. The van der Waals surface area contributed by atoms with E-state index in [1.165, 1.54) is 11.1 Å². The average Bonchev–Trinajstić information content (AvgIpc) is 2.67. The van der Waals surface area contributed by atoms with E-state index in [0.29, 0.717) is 5.71 Å². The van der Waals surface area contributed by atoms with Gasteiger partial charge in [0, 0.05) is 5.69 Å². The quantitative estimate of drug-likeness (QED) is 0.642. The van der Waals surface area contributed by atoms with E-state index in [4.69, 9.17) is 4.99 Å². The van der Waals surface area contributed by atoms with Gasteiger partial charge in [-0.1, -0.05) is 64.1 Å². The summed E-state index contributed by atoms with van der Waals surface area (Å²) in [5, 5.41) is 3.11. The maximum Gasteiger partial charge on any atom is 0.269 e. The third-order valence-electron chi connectivity index (χ3n) is 4.81. The van der Waals surface area contributed by atoms with Crippen LogP contribution in [0.25, 0.3) is 0 Å². The minimum absolute atomic E-state index is 0.131. The number of hydrogen-bond donors (Lipinski definition) is 1. The Morgan fingerprint density at radius 3 is 1.65 bits per heavy atom. The molecule has 0 radical (unpaired) electrons. The highest BCUT2D eigenvalue weighted by atomic mass is 16.1. The largest absolute Gasteiger partial charge is 0.320 e. The molecule has 1 amide bonds. The first-order valence-corrected chi connectivity index (χ1v) is 9.63. The van der Waals surface area contributed by atoms with Crippen LogP contribution in [0.15, 0.2) is 41.4 Å². The van der Waals surface area contributed by atoms with Crippen LogP contribution in [0.2, 0.25) is 0 Å². The molecule has 1 N–H and O–H groups in total. The summed E-state index contributed by atoms with van der Waals surface area (Å²) in [6.07, 6.45) is 3.58. The number of anilines is 1. The van der Waals surface area contributed by atoms with Crippen molar-refractivity contribution in [3.8, 4) is 0 Å². The molecule has 2 aromatic rings. The highest BCUT2D eigenvalue weighted by Gasteiger charge is 2.14. The first-order valence-electron chi connectivity index (χ1n) is 9.63. The number of amides is 1. The molecule has 0 bridgehead atoms. The van der Waals surface area contributed by atoms with Crippen molar-refractivity contribution in [2.24, 2.45) is 4.99 Å².